The van der Waals surface area contributed by atoms with Gasteiger partial charge in [0.2, 0.25) is 15.9 Å². The predicted molar refractivity (Wildman–Crippen MR) is 122 cm³/mol. The summed E-state index contributed by atoms with van der Waals surface area (Å²) < 4.78 is 46.3. The summed E-state index contributed by atoms with van der Waals surface area (Å²) in [6.07, 6.45) is 0.888. The fraction of sp³-hybridized carbons (Fsp3) is 0.458. The van der Waals surface area contributed by atoms with Crippen LogP contribution in [0.3, 0.4) is 0 Å². The molecule has 1 heterocycles. The van der Waals surface area contributed by atoms with Gasteiger partial charge in [-0.25, -0.2) is 17.1 Å². The van der Waals surface area contributed by atoms with E-state index in [0.717, 1.165) is 11.3 Å². The summed E-state index contributed by atoms with van der Waals surface area (Å²) in [5.41, 5.74) is 1.29. The normalized spacial score (nSPS) is 15.6. The number of para-hydroxylation sites is 1. The van der Waals surface area contributed by atoms with E-state index in [9.17, 15) is 17.6 Å². The zero-order chi connectivity index (χ0) is 23.1. The summed E-state index contributed by atoms with van der Waals surface area (Å²) in [4.78, 5) is 12.5. The van der Waals surface area contributed by atoms with E-state index in [-0.39, 0.29) is 36.2 Å². The van der Waals surface area contributed by atoms with Crippen LogP contribution < -0.4 is 10.1 Å². The number of nitrogens with one attached hydrogen (secondary N) is 1. The average molecular weight is 463 g/mol. The maximum absolute atomic E-state index is 13.8. The van der Waals surface area contributed by atoms with Crippen molar-refractivity contribution in [2.75, 3.05) is 26.2 Å². The molecule has 1 aliphatic rings. The van der Waals surface area contributed by atoms with E-state index in [0.29, 0.717) is 31.9 Å². The molecule has 6 nitrogen and oxygen atoms in total. The third-order valence-corrected chi connectivity index (χ3v) is 7.54. The van der Waals surface area contributed by atoms with Gasteiger partial charge in [-0.1, -0.05) is 50.2 Å². The second-order valence-electron chi connectivity index (χ2n) is 8.35. The van der Waals surface area contributed by atoms with Gasteiger partial charge in [0.1, 0.15) is 18.2 Å². The highest BCUT2D eigenvalue weighted by Gasteiger charge is 2.31. The number of sulfonamides is 1. The van der Waals surface area contributed by atoms with Crippen LogP contribution in [0, 0.1) is 11.7 Å². The van der Waals surface area contributed by atoms with Crippen LogP contribution in [0.25, 0.3) is 0 Å². The molecule has 2 aromatic rings. The number of ether oxygens (including phenoxy) is 1. The molecule has 3 rings (SSSR count). The van der Waals surface area contributed by atoms with E-state index < -0.39 is 15.8 Å². The van der Waals surface area contributed by atoms with Gasteiger partial charge in [-0.2, -0.15) is 0 Å². The third kappa shape index (κ3) is 6.29. The van der Waals surface area contributed by atoms with Crippen molar-refractivity contribution in [3.63, 3.8) is 0 Å². The Balaban J connectivity index is 1.43. The van der Waals surface area contributed by atoms with Crippen LogP contribution in [0.1, 0.15) is 43.7 Å². The quantitative estimate of drug-likeness (QED) is 0.577. The van der Waals surface area contributed by atoms with Gasteiger partial charge >= 0.3 is 0 Å². The van der Waals surface area contributed by atoms with Crippen LogP contribution in [0.15, 0.2) is 48.5 Å². The van der Waals surface area contributed by atoms with Crippen LogP contribution in [-0.4, -0.2) is 44.9 Å². The predicted octanol–water partition coefficient (Wildman–Crippen LogP) is 3.69. The zero-order valence-electron chi connectivity index (χ0n) is 18.6. The largest absolute Gasteiger partial charge is 0.491 e. The first-order chi connectivity index (χ1) is 15.3. The number of piperidine rings is 1. The van der Waals surface area contributed by atoms with Gasteiger partial charge in [-0.3, -0.25) is 4.79 Å². The van der Waals surface area contributed by atoms with Gasteiger partial charge in [0.15, 0.2) is 0 Å². The van der Waals surface area contributed by atoms with E-state index in [1.165, 1.54) is 22.5 Å². The molecule has 1 fully saturated rings. The SMILES string of the molecule is CC(C)c1ccccc1OCCNC(=O)C1CCN(S(=O)(=O)Cc2ccccc2F)CC1. The number of rotatable bonds is 9. The van der Waals surface area contributed by atoms with Gasteiger partial charge in [0, 0.05) is 24.6 Å². The van der Waals surface area contributed by atoms with Crippen LogP contribution in [-0.2, 0) is 20.6 Å². The fourth-order valence-electron chi connectivity index (χ4n) is 3.87. The number of hydrogen-bond acceptors (Lipinski definition) is 4. The zero-order valence-corrected chi connectivity index (χ0v) is 19.4. The van der Waals surface area contributed by atoms with Crippen molar-refractivity contribution in [1.29, 1.82) is 0 Å². The first-order valence-electron chi connectivity index (χ1n) is 11.0. The molecule has 8 heteroatoms. The number of benzene rings is 2. The molecule has 0 saturated carbocycles. The van der Waals surface area contributed by atoms with Gasteiger partial charge in [-0.15, -0.1) is 0 Å². The summed E-state index contributed by atoms with van der Waals surface area (Å²) in [5, 5.41) is 2.89. The maximum atomic E-state index is 13.8. The topological polar surface area (TPSA) is 75.7 Å². The number of amides is 1. The summed E-state index contributed by atoms with van der Waals surface area (Å²) in [6.45, 7) is 5.47. The minimum absolute atomic E-state index is 0.0862. The Bertz CT molecular complexity index is 1020. The molecule has 0 unspecified atom stereocenters. The first kappa shape index (κ1) is 24.2. The van der Waals surface area contributed by atoms with E-state index in [1.807, 2.05) is 24.3 Å². The lowest BCUT2D eigenvalue weighted by molar-refractivity contribution is -0.126. The van der Waals surface area contributed by atoms with Crippen LogP contribution in [0.5, 0.6) is 5.75 Å². The second kappa shape index (κ2) is 10.9. The average Bonchev–Trinajstić information content (AvgIpc) is 2.78. The number of carbonyl (C=O) groups is 1. The molecule has 1 N–H and O–H groups in total. The second-order valence-corrected chi connectivity index (χ2v) is 10.3. The van der Waals surface area contributed by atoms with Gasteiger partial charge < -0.3 is 10.1 Å². The summed E-state index contributed by atoms with van der Waals surface area (Å²) in [5.74, 6) is -0.0461. The molecule has 0 atom stereocenters. The number of nitrogens with zero attached hydrogens (tertiary/aromatic N) is 1. The molecule has 0 aromatic heterocycles. The van der Waals surface area contributed by atoms with E-state index in [4.69, 9.17) is 4.74 Å². The van der Waals surface area contributed by atoms with Crippen molar-refractivity contribution in [3.8, 4) is 5.75 Å². The van der Waals surface area contributed by atoms with Crippen molar-refractivity contribution in [1.82, 2.24) is 9.62 Å². The van der Waals surface area contributed by atoms with Crippen molar-refractivity contribution in [2.24, 2.45) is 5.92 Å². The maximum Gasteiger partial charge on any atom is 0.223 e. The Morgan fingerprint density at radius 1 is 1.12 bits per heavy atom. The Kier molecular flexibility index (Phi) is 8.26. The molecule has 174 valence electrons. The monoisotopic (exact) mass is 462 g/mol. The van der Waals surface area contributed by atoms with Crippen LogP contribution >= 0.6 is 0 Å². The molecule has 0 spiro atoms. The number of hydrogen-bond donors (Lipinski definition) is 1. The smallest absolute Gasteiger partial charge is 0.223 e. The fourth-order valence-corrected chi connectivity index (χ4v) is 5.44. The number of carbonyl (C=O) groups excluding carboxylic acids is 1. The first-order valence-corrected chi connectivity index (χ1v) is 12.6. The van der Waals surface area contributed by atoms with Gasteiger partial charge in [0.05, 0.1) is 12.3 Å². The Labute approximate surface area is 189 Å². The van der Waals surface area contributed by atoms with E-state index in [1.54, 1.807) is 6.07 Å². The Hall–Kier alpha value is -2.45. The van der Waals surface area contributed by atoms with Crippen LogP contribution in [0.2, 0.25) is 0 Å². The van der Waals surface area contributed by atoms with Crippen molar-refractivity contribution in [3.05, 3.63) is 65.5 Å². The van der Waals surface area contributed by atoms with E-state index in [2.05, 4.69) is 19.2 Å². The molecule has 1 amide bonds. The molecule has 1 aliphatic heterocycles. The third-order valence-electron chi connectivity index (χ3n) is 5.71. The standard InChI is InChI=1S/C24H31FN2O4S/c1-18(2)21-8-4-6-10-23(21)31-16-13-26-24(28)19-11-14-27(15-12-19)32(29,30)17-20-7-3-5-9-22(20)25/h3-10,18-19H,11-17H2,1-2H3,(H,26,28). The molecular weight excluding hydrogens is 431 g/mol. The summed E-state index contributed by atoms with van der Waals surface area (Å²) in [7, 11) is -3.63. The highest BCUT2D eigenvalue weighted by Crippen LogP contribution is 2.26. The van der Waals surface area contributed by atoms with Gasteiger partial charge in [-0.05, 0) is 36.5 Å². The molecule has 1 saturated heterocycles. The van der Waals surface area contributed by atoms with Crippen molar-refractivity contribution >= 4 is 15.9 Å². The van der Waals surface area contributed by atoms with Crippen molar-refractivity contribution < 1.29 is 22.3 Å². The lowest BCUT2D eigenvalue weighted by atomic mass is 9.97. The molecule has 0 radical (unpaired) electrons. The minimum Gasteiger partial charge on any atom is -0.491 e. The Morgan fingerprint density at radius 3 is 2.47 bits per heavy atom. The van der Waals surface area contributed by atoms with Crippen molar-refractivity contribution in [2.45, 2.75) is 38.4 Å². The van der Waals surface area contributed by atoms with Crippen LogP contribution in [0.4, 0.5) is 4.39 Å². The van der Waals surface area contributed by atoms with Gasteiger partial charge in [0.25, 0.3) is 0 Å². The van der Waals surface area contributed by atoms with E-state index >= 15 is 0 Å². The molecule has 32 heavy (non-hydrogen) atoms. The lowest BCUT2D eigenvalue weighted by Crippen LogP contribution is -2.44. The number of halogens is 1. The minimum atomic E-state index is -3.63. The Morgan fingerprint density at radius 2 is 1.78 bits per heavy atom. The molecular formula is C24H31FN2O4S. The molecule has 0 aliphatic carbocycles. The molecule has 0 bridgehead atoms. The highest BCUT2D eigenvalue weighted by molar-refractivity contribution is 7.88. The molecule has 2 aromatic carbocycles. The highest BCUT2D eigenvalue weighted by atomic mass is 32.2. The summed E-state index contributed by atoms with van der Waals surface area (Å²) >= 11 is 0. The lowest BCUT2D eigenvalue weighted by Gasteiger charge is -2.30. The summed E-state index contributed by atoms with van der Waals surface area (Å²) in [6, 6.07) is 13.8.